The summed E-state index contributed by atoms with van der Waals surface area (Å²) < 4.78 is 0. The van der Waals surface area contributed by atoms with Crippen LogP contribution in [0.25, 0.3) is 0 Å². The molecule has 1 amide bonds. The third-order valence-electron chi connectivity index (χ3n) is 6.37. The van der Waals surface area contributed by atoms with Gasteiger partial charge in [0.15, 0.2) is 0 Å². The summed E-state index contributed by atoms with van der Waals surface area (Å²) >= 11 is 0. The summed E-state index contributed by atoms with van der Waals surface area (Å²) in [4.78, 5) is 37.0. The number of aromatic amines is 1. The topological polar surface area (TPSA) is 81.3 Å². The van der Waals surface area contributed by atoms with Crippen LogP contribution in [0, 0.1) is 5.92 Å². The molecule has 0 unspecified atom stereocenters. The van der Waals surface area contributed by atoms with Crippen molar-refractivity contribution < 1.29 is 4.79 Å². The van der Waals surface area contributed by atoms with E-state index in [0.29, 0.717) is 31.0 Å². The highest BCUT2D eigenvalue weighted by Gasteiger charge is 2.27. The first-order chi connectivity index (χ1) is 13.1. The number of anilines is 1. The van der Waals surface area contributed by atoms with Crippen LogP contribution in [0.2, 0.25) is 0 Å². The normalized spacial score (nSPS) is 26.0. The highest BCUT2D eigenvalue weighted by atomic mass is 16.2. The Morgan fingerprint density at radius 3 is 2.74 bits per heavy atom. The van der Waals surface area contributed by atoms with Gasteiger partial charge < -0.3 is 10.2 Å². The molecule has 2 aliphatic heterocycles. The zero-order valence-electron chi connectivity index (χ0n) is 16.3. The van der Waals surface area contributed by atoms with Crippen LogP contribution in [0.15, 0.2) is 4.79 Å². The van der Waals surface area contributed by atoms with E-state index in [1.165, 1.54) is 19.3 Å². The van der Waals surface area contributed by atoms with Crippen molar-refractivity contribution in [1.82, 2.24) is 20.2 Å². The maximum absolute atomic E-state index is 12.6. The number of amides is 1. The summed E-state index contributed by atoms with van der Waals surface area (Å²) in [6.45, 7) is 5.80. The molecule has 2 N–H and O–H groups in total. The molecule has 1 aromatic rings. The van der Waals surface area contributed by atoms with Gasteiger partial charge in [-0.25, -0.2) is 4.98 Å². The maximum atomic E-state index is 12.6. The monoisotopic (exact) mass is 373 g/mol. The maximum Gasteiger partial charge on any atom is 0.257 e. The molecule has 7 nitrogen and oxygen atoms in total. The zero-order chi connectivity index (χ0) is 18.8. The minimum absolute atomic E-state index is 0.0482. The van der Waals surface area contributed by atoms with Crippen LogP contribution in [0.4, 0.5) is 5.95 Å². The minimum atomic E-state index is -0.0482. The quantitative estimate of drug-likeness (QED) is 0.834. The van der Waals surface area contributed by atoms with Crippen LogP contribution in [-0.2, 0) is 17.8 Å². The van der Waals surface area contributed by atoms with E-state index in [1.807, 2.05) is 0 Å². The first kappa shape index (κ1) is 18.5. The average Bonchev–Trinajstić information content (AvgIpc) is 3.19. The Kier molecular flexibility index (Phi) is 5.48. The highest BCUT2D eigenvalue weighted by molar-refractivity contribution is 5.78. The number of hydrogen-bond acceptors (Lipinski definition) is 5. The van der Waals surface area contributed by atoms with Gasteiger partial charge in [-0.05, 0) is 31.6 Å². The predicted molar refractivity (Wildman–Crippen MR) is 105 cm³/mol. The van der Waals surface area contributed by atoms with Crippen LogP contribution in [-0.4, -0.2) is 53.0 Å². The van der Waals surface area contributed by atoms with Gasteiger partial charge in [-0.15, -0.1) is 0 Å². The summed E-state index contributed by atoms with van der Waals surface area (Å²) in [5.74, 6) is 1.35. The van der Waals surface area contributed by atoms with Gasteiger partial charge in [0.2, 0.25) is 11.9 Å². The van der Waals surface area contributed by atoms with Crippen LogP contribution in [0.1, 0.15) is 56.7 Å². The number of nitrogens with one attached hydrogen (secondary N) is 2. The predicted octanol–water partition coefficient (Wildman–Crippen LogP) is 1.42. The average molecular weight is 374 g/mol. The van der Waals surface area contributed by atoms with E-state index >= 15 is 0 Å². The van der Waals surface area contributed by atoms with Crippen LogP contribution >= 0.6 is 0 Å². The number of rotatable bonds is 4. The highest BCUT2D eigenvalue weighted by Crippen LogP contribution is 2.24. The lowest BCUT2D eigenvalue weighted by atomic mass is 9.86. The molecule has 3 aliphatic rings. The minimum Gasteiger partial charge on any atom is -0.352 e. The van der Waals surface area contributed by atoms with Crippen molar-refractivity contribution in [3.05, 3.63) is 21.6 Å². The zero-order valence-corrected chi connectivity index (χ0v) is 16.3. The molecule has 27 heavy (non-hydrogen) atoms. The van der Waals surface area contributed by atoms with Crippen molar-refractivity contribution in [1.29, 1.82) is 0 Å². The van der Waals surface area contributed by atoms with E-state index < -0.39 is 0 Å². The molecule has 1 aromatic heterocycles. The molecule has 3 heterocycles. The molecule has 4 rings (SSSR count). The second-order valence-electron chi connectivity index (χ2n) is 8.41. The van der Waals surface area contributed by atoms with Gasteiger partial charge in [0.25, 0.3) is 5.56 Å². The fourth-order valence-electron chi connectivity index (χ4n) is 4.67. The van der Waals surface area contributed by atoms with Gasteiger partial charge in [0.05, 0.1) is 17.8 Å². The van der Waals surface area contributed by atoms with Gasteiger partial charge in [0, 0.05) is 38.6 Å². The Morgan fingerprint density at radius 1 is 1.19 bits per heavy atom. The number of hydrogen-bond donors (Lipinski definition) is 2. The van der Waals surface area contributed by atoms with E-state index in [4.69, 9.17) is 4.98 Å². The largest absolute Gasteiger partial charge is 0.352 e. The summed E-state index contributed by atoms with van der Waals surface area (Å²) in [6.07, 6.45) is 7.79. The van der Waals surface area contributed by atoms with E-state index in [9.17, 15) is 9.59 Å². The molecular weight excluding hydrogens is 342 g/mol. The fraction of sp³-hybridized carbons (Fsp3) is 0.750. The summed E-state index contributed by atoms with van der Waals surface area (Å²) in [6, 6.07) is 0.302. The van der Waals surface area contributed by atoms with Crippen LogP contribution < -0.4 is 15.8 Å². The van der Waals surface area contributed by atoms with Crippen molar-refractivity contribution in [2.24, 2.45) is 5.92 Å². The van der Waals surface area contributed by atoms with E-state index in [2.05, 4.69) is 27.0 Å². The molecule has 1 aliphatic carbocycles. The fourth-order valence-corrected chi connectivity index (χ4v) is 4.67. The molecule has 2 fully saturated rings. The molecule has 0 spiro atoms. The van der Waals surface area contributed by atoms with Crippen molar-refractivity contribution in [3.63, 3.8) is 0 Å². The summed E-state index contributed by atoms with van der Waals surface area (Å²) in [5.41, 5.74) is 1.58. The summed E-state index contributed by atoms with van der Waals surface area (Å²) in [5, 5.41) is 3.21. The Bertz CT molecular complexity index is 740. The van der Waals surface area contributed by atoms with E-state index in [0.717, 1.165) is 56.6 Å². The second kappa shape index (κ2) is 8.00. The number of carbonyl (C=O) groups excluding carboxylic acids is 1. The van der Waals surface area contributed by atoms with Gasteiger partial charge >= 0.3 is 0 Å². The molecule has 148 valence electrons. The Hall–Kier alpha value is -1.89. The Morgan fingerprint density at radius 2 is 1.96 bits per heavy atom. The van der Waals surface area contributed by atoms with Crippen LogP contribution in [0.5, 0.6) is 0 Å². The van der Waals surface area contributed by atoms with Crippen molar-refractivity contribution in [2.45, 2.75) is 64.5 Å². The lowest BCUT2D eigenvalue weighted by Crippen LogP contribution is -2.47. The number of nitrogens with zero attached hydrogens (tertiary/aromatic N) is 3. The molecule has 0 bridgehead atoms. The molecule has 0 aromatic carbocycles. The lowest BCUT2D eigenvalue weighted by molar-refractivity contribution is -0.123. The van der Waals surface area contributed by atoms with Crippen LogP contribution in [0.3, 0.4) is 0 Å². The van der Waals surface area contributed by atoms with E-state index in [1.54, 1.807) is 0 Å². The molecule has 7 heteroatoms. The molecule has 1 saturated heterocycles. The Labute approximate surface area is 160 Å². The molecule has 1 saturated carbocycles. The first-order valence-electron chi connectivity index (χ1n) is 10.5. The number of fused-ring (bicyclic) bond motifs is 1. The summed E-state index contributed by atoms with van der Waals surface area (Å²) in [7, 11) is 0. The third kappa shape index (κ3) is 4.18. The third-order valence-corrected chi connectivity index (χ3v) is 6.37. The SMILES string of the molecule is C[C@H]1CCCC[C@@H]1NC(=O)CN1CCc2nc(N3CCCC3)[nH]c(=O)c2C1. The molecule has 0 radical (unpaired) electrons. The van der Waals surface area contributed by atoms with Gasteiger partial charge in [-0.1, -0.05) is 19.8 Å². The van der Waals surface area contributed by atoms with Gasteiger partial charge in [-0.2, -0.15) is 0 Å². The first-order valence-corrected chi connectivity index (χ1v) is 10.5. The van der Waals surface area contributed by atoms with Crippen molar-refractivity contribution in [2.75, 3.05) is 31.1 Å². The van der Waals surface area contributed by atoms with Gasteiger partial charge in [-0.3, -0.25) is 19.5 Å². The number of carbonyl (C=O) groups is 1. The molecular formula is C20H31N5O2. The second-order valence-corrected chi connectivity index (χ2v) is 8.41. The molecule has 2 atom stereocenters. The number of H-pyrrole nitrogens is 1. The van der Waals surface area contributed by atoms with E-state index in [-0.39, 0.29) is 11.5 Å². The smallest absolute Gasteiger partial charge is 0.257 e. The number of aromatic nitrogens is 2. The Balaban J connectivity index is 1.38. The standard InChI is InChI=1S/C20H31N5O2/c1-14-6-2-3-7-16(14)21-18(26)13-24-11-8-17-15(12-24)19(27)23-20(22-17)25-9-4-5-10-25/h14,16H,2-13H2,1H3,(H,21,26)(H,22,23,27)/t14-,16-/m0/s1. The van der Waals surface area contributed by atoms with Gasteiger partial charge in [0.1, 0.15) is 0 Å². The lowest BCUT2D eigenvalue weighted by Gasteiger charge is -2.32. The van der Waals surface area contributed by atoms with Crippen molar-refractivity contribution in [3.8, 4) is 0 Å². The van der Waals surface area contributed by atoms with Crippen molar-refractivity contribution >= 4 is 11.9 Å².